The van der Waals surface area contributed by atoms with Crippen LogP contribution in [0.4, 0.5) is 0 Å². The number of hydrogen-bond acceptors (Lipinski definition) is 8. The predicted octanol–water partition coefficient (Wildman–Crippen LogP) is 0.0603. The first kappa shape index (κ1) is 20.7. The molecular weight excluding hydrogens is 414 g/mol. The minimum absolute atomic E-state index is 0.168. The van der Waals surface area contributed by atoms with Gasteiger partial charge in [0.05, 0.1) is 22.5 Å². The SMILES string of the molecule is O=c1c2ccccc2nc(-c2ccccc2Cl)n1N[C@@H]1O[C@H](CO)[C@@H](O)[C@H](O)[C@H]1O. The number of para-hydroxylation sites is 1. The van der Waals surface area contributed by atoms with Crippen LogP contribution in [-0.2, 0) is 4.74 Å². The molecule has 0 radical (unpaired) electrons. The fraction of sp³-hybridized carbons (Fsp3) is 0.300. The molecule has 30 heavy (non-hydrogen) atoms. The minimum atomic E-state index is -1.60. The number of nitrogens with one attached hydrogen (secondary N) is 1. The maximum Gasteiger partial charge on any atom is 0.280 e. The van der Waals surface area contributed by atoms with Gasteiger partial charge in [-0.05, 0) is 24.3 Å². The molecule has 1 aliphatic rings. The number of nitrogens with zero attached hydrogens (tertiary/aromatic N) is 2. The Morgan fingerprint density at radius 3 is 2.47 bits per heavy atom. The lowest BCUT2D eigenvalue weighted by atomic mass is 9.99. The van der Waals surface area contributed by atoms with Crippen molar-refractivity contribution in [3.8, 4) is 11.4 Å². The number of ether oxygens (including phenoxy) is 1. The molecule has 0 saturated carbocycles. The molecule has 1 fully saturated rings. The van der Waals surface area contributed by atoms with Gasteiger partial charge >= 0.3 is 0 Å². The number of halogens is 1. The topological polar surface area (TPSA) is 137 Å². The van der Waals surface area contributed by atoms with Crippen LogP contribution in [0, 0.1) is 0 Å². The molecular formula is C20H20ClN3O6. The van der Waals surface area contributed by atoms with Crippen LogP contribution in [-0.4, -0.2) is 67.3 Å². The van der Waals surface area contributed by atoms with Crippen LogP contribution >= 0.6 is 11.6 Å². The zero-order chi connectivity index (χ0) is 21.4. The first-order valence-electron chi connectivity index (χ1n) is 9.26. The maximum absolute atomic E-state index is 13.2. The van der Waals surface area contributed by atoms with E-state index in [1.807, 2.05) is 0 Å². The Morgan fingerprint density at radius 1 is 1.03 bits per heavy atom. The van der Waals surface area contributed by atoms with E-state index in [9.17, 15) is 25.2 Å². The van der Waals surface area contributed by atoms with Gasteiger partial charge in [0.15, 0.2) is 12.1 Å². The second-order valence-electron chi connectivity index (χ2n) is 6.95. The molecule has 1 saturated heterocycles. The number of aliphatic hydroxyl groups is 4. The van der Waals surface area contributed by atoms with Gasteiger partial charge in [0.2, 0.25) is 0 Å². The van der Waals surface area contributed by atoms with Gasteiger partial charge in [-0.15, -0.1) is 0 Å². The van der Waals surface area contributed by atoms with Crippen LogP contribution in [0.25, 0.3) is 22.3 Å². The summed E-state index contributed by atoms with van der Waals surface area (Å²) in [5, 5.41) is 40.5. The molecule has 0 unspecified atom stereocenters. The Labute approximate surface area is 175 Å². The summed E-state index contributed by atoms with van der Waals surface area (Å²) in [4.78, 5) is 17.8. The molecule has 158 valence electrons. The number of aromatic nitrogens is 2. The molecule has 4 rings (SSSR count). The van der Waals surface area contributed by atoms with Gasteiger partial charge in [-0.25, -0.2) is 9.66 Å². The lowest BCUT2D eigenvalue weighted by molar-refractivity contribution is -0.224. The number of benzene rings is 2. The molecule has 5 N–H and O–H groups in total. The third-order valence-corrected chi connectivity index (χ3v) is 5.37. The average Bonchev–Trinajstić information content (AvgIpc) is 2.76. The van der Waals surface area contributed by atoms with Crippen LogP contribution in [0.3, 0.4) is 0 Å². The van der Waals surface area contributed by atoms with E-state index in [0.717, 1.165) is 4.68 Å². The highest BCUT2D eigenvalue weighted by Crippen LogP contribution is 2.27. The largest absolute Gasteiger partial charge is 0.394 e. The number of rotatable bonds is 4. The van der Waals surface area contributed by atoms with Crippen molar-refractivity contribution in [2.45, 2.75) is 30.6 Å². The molecule has 5 atom stereocenters. The summed E-state index contributed by atoms with van der Waals surface area (Å²) in [6, 6.07) is 13.5. The molecule has 0 amide bonds. The predicted molar refractivity (Wildman–Crippen MR) is 110 cm³/mol. The molecule has 9 nitrogen and oxygen atoms in total. The second-order valence-corrected chi connectivity index (χ2v) is 7.36. The quantitative estimate of drug-likeness (QED) is 0.389. The Balaban J connectivity index is 1.85. The van der Waals surface area contributed by atoms with Gasteiger partial charge in [-0.2, -0.15) is 0 Å². The van der Waals surface area contributed by atoms with Crippen LogP contribution in [0.1, 0.15) is 0 Å². The molecule has 0 bridgehead atoms. The molecule has 1 aliphatic heterocycles. The zero-order valence-corrected chi connectivity index (χ0v) is 16.3. The summed E-state index contributed by atoms with van der Waals surface area (Å²) in [5.41, 5.74) is 3.16. The van der Waals surface area contributed by atoms with Crippen molar-refractivity contribution in [2.24, 2.45) is 0 Å². The lowest BCUT2D eigenvalue weighted by Gasteiger charge is -2.40. The Kier molecular flexibility index (Phi) is 5.74. The molecule has 2 heterocycles. The second kappa shape index (κ2) is 8.31. The molecule has 1 aromatic heterocycles. The van der Waals surface area contributed by atoms with Gasteiger partial charge in [0, 0.05) is 5.56 Å². The Morgan fingerprint density at radius 2 is 1.73 bits per heavy atom. The van der Waals surface area contributed by atoms with Crippen molar-refractivity contribution in [1.29, 1.82) is 0 Å². The molecule has 10 heteroatoms. The standard InChI is InChI=1S/C20H20ClN3O6/c21-12-7-3-1-5-10(12)18-22-13-8-4-2-6-11(13)20(29)24(18)23-19-17(28)16(27)15(26)14(9-25)30-19/h1-8,14-17,19,23,25-28H,9H2/t14-,15-,16+,17-,19-/m1/s1. The minimum Gasteiger partial charge on any atom is -0.394 e. The molecule has 0 aliphatic carbocycles. The zero-order valence-electron chi connectivity index (χ0n) is 15.6. The van der Waals surface area contributed by atoms with Crippen LogP contribution in [0.5, 0.6) is 0 Å². The molecule has 0 spiro atoms. The van der Waals surface area contributed by atoms with E-state index < -0.39 is 42.8 Å². The Bertz CT molecular complexity index is 1120. The number of fused-ring (bicyclic) bond motifs is 1. The summed E-state index contributed by atoms with van der Waals surface area (Å²) >= 11 is 6.32. The van der Waals surface area contributed by atoms with Gasteiger partial charge in [0.25, 0.3) is 5.56 Å². The van der Waals surface area contributed by atoms with E-state index in [0.29, 0.717) is 21.5 Å². The van der Waals surface area contributed by atoms with Crippen molar-refractivity contribution in [2.75, 3.05) is 12.0 Å². The van der Waals surface area contributed by atoms with Crippen LogP contribution in [0.2, 0.25) is 5.02 Å². The van der Waals surface area contributed by atoms with Crippen molar-refractivity contribution in [3.63, 3.8) is 0 Å². The van der Waals surface area contributed by atoms with Crippen molar-refractivity contribution >= 4 is 22.5 Å². The lowest BCUT2D eigenvalue weighted by Crippen LogP contribution is -2.62. The van der Waals surface area contributed by atoms with Gasteiger partial charge in [-0.3, -0.25) is 10.2 Å². The summed E-state index contributed by atoms with van der Waals surface area (Å²) in [6.45, 7) is -0.592. The smallest absolute Gasteiger partial charge is 0.280 e. The number of hydrogen-bond donors (Lipinski definition) is 5. The highest BCUT2D eigenvalue weighted by atomic mass is 35.5. The summed E-state index contributed by atoms with van der Waals surface area (Å²) < 4.78 is 6.56. The Hall–Kier alpha value is -2.53. The number of aliphatic hydroxyl groups excluding tert-OH is 4. The van der Waals surface area contributed by atoms with Gasteiger partial charge < -0.3 is 25.2 Å². The van der Waals surface area contributed by atoms with E-state index in [-0.39, 0.29) is 5.82 Å². The van der Waals surface area contributed by atoms with Gasteiger partial charge in [-0.1, -0.05) is 35.9 Å². The third-order valence-electron chi connectivity index (χ3n) is 5.04. The fourth-order valence-electron chi connectivity index (χ4n) is 3.41. The summed E-state index contributed by atoms with van der Waals surface area (Å²) in [5.74, 6) is 0.168. The summed E-state index contributed by atoms with van der Waals surface area (Å²) in [7, 11) is 0. The van der Waals surface area contributed by atoms with E-state index in [1.165, 1.54) is 0 Å². The highest BCUT2D eigenvalue weighted by molar-refractivity contribution is 6.33. The van der Waals surface area contributed by atoms with Gasteiger partial charge in [0.1, 0.15) is 24.4 Å². The average molecular weight is 434 g/mol. The van der Waals surface area contributed by atoms with Crippen molar-refractivity contribution < 1.29 is 25.2 Å². The van der Waals surface area contributed by atoms with E-state index >= 15 is 0 Å². The van der Waals surface area contributed by atoms with E-state index in [2.05, 4.69) is 10.4 Å². The monoisotopic (exact) mass is 433 g/mol. The fourth-order valence-corrected chi connectivity index (χ4v) is 3.63. The third kappa shape index (κ3) is 3.56. The molecule has 2 aromatic carbocycles. The van der Waals surface area contributed by atoms with Crippen LogP contribution < -0.4 is 11.0 Å². The molecule has 3 aromatic rings. The van der Waals surface area contributed by atoms with E-state index in [1.54, 1.807) is 48.5 Å². The van der Waals surface area contributed by atoms with Crippen molar-refractivity contribution in [3.05, 3.63) is 63.9 Å². The van der Waals surface area contributed by atoms with Crippen LogP contribution in [0.15, 0.2) is 53.3 Å². The normalized spacial score (nSPS) is 26.6. The first-order chi connectivity index (χ1) is 14.4. The van der Waals surface area contributed by atoms with Crippen molar-refractivity contribution in [1.82, 2.24) is 9.66 Å². The maximum atomic E-state index is 13.2. The highest BCUT2D eigenvalue weighted by Gasteiger charge is 2.44. The first-order valence-corrected chi connectivity index (χ1v) is 9.64. The van der Waals surface area contributed by atoms with E-state index in [4.69, 9.17) is 16.3 Å². The summed E-state index contributed by atoms with van der Waals surface area (Å²) in [6.07, 6.45) is -7.14.